The molecule has 2 heterocycles. The van der Waals surface area contributed by atoms with Crippen LogP contribution in [0.3, 0.4) is 0 Å². The van der Waals surface area contributed by atoms with Crippen molar-refractivity contribution in [2.75, 3.05) is 14.2 Å². The van der Waals surface area contributed by atoms with E-state index < -0.39 is 0 Å². The highest BCUT2D eigenvalue weighted by molar-refractivity contribution is 5.88. The van der Waals surface area contributed by atoms with Crippen LogP contribution in [0.5, 0.6) is 11.5 Å². The number of methoxy groups -OCH3 is 2. The van der Waals surface area contributed by atoms with E-state index in [0.29, 0.717) is 0 Å². The molecule has 0 atom stereocenters. The molecule has 0 unspecified atom stereocenters. The van der Waals surface area contributed by atoms with Crippen molar-refractivity contribution in [2.24, 2.45) is 0 Å². The Morgan fingerprint density at radius 2 is 1.31 bits per heavy atom. The van der Waals surface area contributed by atoms with E-state index in [0.717, 1.165) is 24.5 Å². The Bertz CT molecular complexity index is 1150. The summed E-state index contributed by atoms with van der Waals surface area (Å²) in [5.41, 5.74) is 8.92. The molecule has 4 aromatic rings. The molecule has 0 bridgehead atoms. The molecule has 144 valence electrons. The third-order valence-electron chi connectivity index (χ3n) is 5.76. The van der Waals surface area contributed by atoms with Gasteiger partial charge in [-0.15, -0.1) is 0 Å². The van der Waals surface area contributed by atoms with E-state index in [4.69, 9.17) is 9.47 Å². The van der Waals surface area contributed by atoms with Crippen LogP contribution in [0.2, 0.25) is 0 Å². The van der Waals surface area contributed by atoms with Gasteiger partial charge in [-0.05, 0) is 65.6 Å². The highest BCUT2D eigenvalue weighted by Gasteiger charge is 2.24. The van der Waals surface area contributed by atoms with Gasteiger partial charge in [0, 0.05) is 23.4 Å². The summed E-state index contributed by atoms with van der Waals surface area (Å²) in [7, 11) is 3.40. The van der Waals surface area contributed by atoms with Crippen LogP contribution in [0.15, 0.2) is 78.9 Å². The lowest BCUT2D eigenvalue weighted by Crippen LogP contribution is -2.11. The minimum absolute atomic E-state index is 0.873. The van der Waals surface area contributed by atoms with Crippen LogP contribution >= 0.6 is 0 Å². The number of hydrogen-bond acceptors (Lipinski definition) is 2. The first-order valence-electron chi connectivity index (χ1n) is 9.89. The molecular weight excluding hydrogens is 358 g/mol. The van der Waals surface area contributed by atoms with Crippen molar-refractivity contribution < 1.29 is 9.47 Å². The molecular formula is C26H23NO2. The first-order valence-corrected chi connectivity index (χ1v) is 9.89. The highest BCUT2D eigenvalue weighted by Crippen LogP contribution is 2.43. The molecule has 3 nitrogen and oxygen atoms in total. The molecule has 0 spiro atoms. The fraction of sp³-hybridized carbons (Fsp3) is 0.154. The zero-order valence-electron chi connectivity index (χ0n) is 16.7. The van der Waals surface area contributed by atoms with Gasteiger partial charge in [-0.25, -0.2) is 0 Å². The zero-order valence-corrected chi connectivity index (χ0v) is 16.7. The molecule has 0 saturated heterocycles. The topological polar surface area (TPSA) is 23.4 Å². The van der Waals surface area contributed by atoms with Gasteiger partial charge in [0.1, 0.15) is 11.5 Å². The predicted octanol–water partition coefficient (Wildman–Crippen LogP) is 6.06. The normalized spacial score (nSPS) is 12.2. The molecule has 0 amide bonds. The van der Waals surface area contributed by atoms with E-state index in [1.165, 1.54) is 39.2 Å². The number of rotatable bonds is 4. The first kappa shape index (κ1) is 17.6. The van der Waals surface area contributed by atoms with Crippen molar-refractivity contribution >= 4 is 0 Å². The Labute approximate surface area is 171 Å². The minimum atomic E-state index is 0.873. The fourth-order valence-corrected chi connectivity index (χ4v) is 4.26. The summed E-state index contributed by atoms with van der Waals surface area (Å²) < 4.78 is 13.2. The number of ether oxygens (including phenoxy) is 2. The molecule has 1 aliphatic rings. The maximum atomic E-state index is 5.35. The first-order chi connectivity index (χ1) is 14.3. The monoisotopic (exact) mass is 381 g/mol. The highest BCUT2D eigenvalue weighted by atomic mass is 16.5. The number of hydrogen-bond donors (Lipinski definition) is 0. The van der Waals surface area contributed by atoms with E-state index >= 15 is 0 Å². The quantitative estimate of drug-likeness (QED) is 0.429. The average Bonchev–Trinajstić information content (AvgIpc) is 3.19. The Morgan fingerprint density at radius 1 is 0.690 bits per heavy atom. The van der Waals surface area contributed by atoms with Gasteiger partial charge in [0.15, 0.2) is 0 Å². The lowest BCUT2D eigenvalue weighted by Gasteiger charge is -2.22. The third-order valence-corrected chi connectivity index (χ3v) is 5.76. The molecule has 0 N–H and O–H groups in total. The number of aryl methyl sites for hydroxylation is 1. The maximum Gasteiger partial charge on any atom is 0.118 e. The van der Waals surface area contributed by atoms with E-state index in [1.54, 1.807) is 14.2 Å². The molecule has 0 aliphatic carbocycles. The van der Waals surface area contributed by atoms with Gasteiger partial charge < -0.3 is 14.0 Å². The van der Waals surface area contributed by atoms with Gasteiger partial charge in [-0.1, -0.05) is 36.4 Å². The van der Waals surface area contributed by atoms with Crippen LogP contribution in [0, 0.1) is 0 Å². The standard InChI is InChI=1S/C26H23NO2/c1-28-21-11-7-19(8-12-21)24-17-25(20-9-13-22(29-2)14-10-20)27-16-15-18-5-3-4-6-23(18)26(24)27/h3-14,17H,15-16H2,1-2H3. The Balaban J connectivity index is 1.73. The summed E-state index contributed by atoms with van der Waals surface area (Å²) in [5.74, 6) is 1.75. The van der Waals surface area contributed by atoms with Gasteiger partial charge in [0.05, 0.1) is 19.9 Å². The van der Waals surface area contributed by atoms with Gasteiger partial charge >= 0.3 is 0 Å². The van der Waals surface area contributed by atoms with E-state index in [2.05, 4.69) is 59.2 Å². The summed E-state index contributed by atoms with van der Waals surface area (Å²) in [4.78, 5) is 0. The maximum absolute atomic E-state index is 5.35. The summed E-state index contributed by atoms with van der Waals surface area (Å²) in [6, 6.07) is 27.7. The van der Waals surface area contributed by atoms with Crippen LogP contribution in [0.1, 0.15) is 5.56 Å². The Hall–Kier alpha value is -3.46. The lowest BCUT2D eigenvalue weighted by atomic mass is 9.94. The van der Waals surface area contributed by atoms with Crippen molar-refractivity contribution in [1.82, 2.24) is 4.57 Å². The van der Waals surface area contributed by atoms with E-state index in [1.807, 2.05) is 24.3 Å². The van der Waals surface area contributed by atoms with Crippen LogP contribution in [0.25, 0.3) is 33.6 Å². The molecule has 0 radical (unpaired) electrons. The number of nitrogens with zero attached hydrogens (tertiary/aromatic N) is 1. The van der Waals surface area contributed by atoms with E-state index in [-0.39, 0.29) is 0 Å². The molecule has 3 heteroatoms. The van der Waals surface area contributed by atoms with E-state index in [9.17, 15) is 0 Å². The molecule has 0 saturated carbocycles. The Morgan fingerprint density at radius 3 is 1.97 bits per heavy atom. The summed E-state index contributed by atoms with van der Waals surface area (Å²) >= 11 is 0. The largest absolute Gasteiger partial charge is 0.497 e. The van der Waals surface area contributed by atoms with Crippen molar-refractivity contribution in [3.63, 3.8) is 0 Å². The van der Waals surface area contributed by atoms with Crippen LogP contribution in [0.4, 0.5) is 0 Å². The second-order valence-corrected chi connectivity index (χ2v) is 7.31. The third kappa shape index (κ3) is 2.99. The number of aromatic nitrogens is 1. The van der Waals surface area contributed by atoms with Crippen LogP contribution in [-0.2, 0) is 13.0 Å². The molecule has 3 aromatic carbocycles. The minimum Gasteiger partial charge on any atom is -0.497 e. The van der Waals surface area contributed by atoms with Gasteiger partial charge in [0.2, 0.25) is 0 Å². The van der Waals surface area contributed by atoms with Gasteiger partial charge in [-0.3, -0.25) is 0 Å². The molecule has 1 aromatic heterocycles. The van der Waals surface area contributed by atoms with Crippen molar-refractivity contribution in [3.05, 3.63) is 84.4 Å². The molecule has 5 rings (SSSR count). The van der Waals surface area contributed by atoms with Crippen molar-refractivity contribution in [2.45, 2.75) is 13.0 Å². The van der Waals surface area contributed by atoms with Crippen LogP contribution in [-0.4, -0.2) is 18.8 Å². The number of fused-ring (bicyclic) bond motifs is 3. The second-order valence-electron chi connectivity index (χ2n) is 7.31. The van der Waals surface area contributed by atoms with Crippen molar-refractivity contribution in [1.29, 1.82) is 0 Å². The second kappa shape index (κ2) is 7.17. The smallest absolute Gasteiger partial charge is 0.118 e. The molecule has 29 heavy (non-hydrogen) atoms. The molecule has 1 aliphatic heterocycles. The van der Waals surface area contributed by atoms with Crippen LogP contribution < -0.4 is 9.47 Å². The van der Waals surface area contributed by atoms with Gasteiger partial charge in [0.25, 0.3) is 0 Å². The molecule has 0 fully saturated rings. The zero-order chi connectivity index (χ0) is 19.8. The van der Waals surface area contributed by atoms with Gasteiger partial charge in [-0.2, -0.15) is 0 Å². The lowest BCUT2D eigenvalue weighted by molar-refractivity contribution is 0.415. The summed E-state index contributed by atoms with van der Waals surface area (Å²) in [6.45, 7) is 0.976. The Kier molecular flexibility index (Phi) is 4.36. The predicted molar refractivity (Wildman–Crippen MR) is 118 cm³/mol. The number of benzene rings is 3. The summed E-state index contributed by atoms with van der Waals surface area (Å²) in [6.07, 6.45) is 1.04. The van der Waals surface area contributed by atoms with Crippen molar-refractivity contribution in [3.8, 4) is 45.1 Å². The summed E-state index contributed by atoms with van der Waals surface area (Å²) in [5, 5.41) is 0. The average molecular weight is 381 g/mol. The SMILES string of the molecule is COc1ccc(-c2cc(-c3ccc(OC)cc3)n3c2-c2ccccc2CC3)cc1. The fourth-order valence-electron chi connectivity index (χ4n) is 4.26.